The van der Waals surface area contributed by atoms with E-state index in [9.17, 15) is 10.2 Å². The van der Waals surface area contributed by atoms with Gasteiger partial charge in [0.05, 0.1) is 6.61 Å². The van der Waals surface area contributed by atoms with Crippen molar-refractivity contribution in [3.63, 3.8) is 0 Å². The fourth-order valence-corrected chi connectivity index (χ4v) is 4.11. The topological polar surface area (TPSA) is 77.4 Å². The van der Waals surface area contributed by atoms with Crippen LogP contribution < -0.4 is 0 Å². The predicted molar refractivity (Wildman–Crippen MR) is 113 cm³/mol. The Morgan fingerprint density at radius 2 is 1.38 bits per heavy atom. The van der Waals surface area contributed by atoms with Crippen LogP contribution in [0, 0.1) is 0 Å². The van der Waals surface area contributed by atoms with Gasteiger partial charge in [0.1, 0.15) is 24.4 Å². The number of fused-ring (bicyclic) bond motifs is 1. The lowest BCUT2D eigenvalue weighted by Gasteiger charge is -2.48. The smallest absolute Gasteiger partial charge is 0.186 e. The van der Waals surface area contributed by atoms with E-state index < -0.39 is 36.5 Å². The van der Waals surface area contributed by atoms with Gasteiger partial charge >= 0.3 is 0 Å². The molecule has 0 aromatic rings. The highest BCUT2D eigenvalue weighted by molar-refractivity contribution is 4.93. The lowest BCUT2D eigenvalue weighted by atomic mass is 9.97. The highest BCUT2D eigenvalue weighted by Gasteiger charge is 2.50. The average Bonchev–Trinajstić information content (AvgIpc) is 2.69. The number of aliphatic hydroxyl groups excluding tert-OH is 2. The summed E-state index contributed by atoms with van der Waals surface area (Å²) in [6.45, 7) is 6.68. The van der Waals surface area contributed by atoms with Gasteiger partial charge in [0, 0.05) is 6.61 Å². The summed E-state index contributed by atoms with van der Waals surface area (Å²) in [5.74, 6) is -0.784. The van der Waals surface area contributed by atoms with E-state index >= 15 is 0 Å². The van der Waals surface area contributed by atoms with Crippen molar-refractivity contribution in [1.82, 2.24) is 0 Å². The first-order valence-corrected chi connectivity index (χ1v) is 11.9. The molecule has 172 valence electrons. The van der Waals surface area contributed by atoms with Gasteiger partial charge in [0.15, 0.2) is 12.1 Å². The largest absolute Gasteiger partial charge is 0.387 e. The molecule has 0 saturated carbocycles. The number of hydrogen-bond donors (Lipinski definition) is 2. The third kappa shape index (κ3) is 8.80. The van der Waals surface area contributed by atoms with E-state index in [0.717, 1.165) is 12.8 Å². The lowest BCUT2D eigenvalue weighted by Crippen LogP contribution is -2.64. The third-order valence-corrected chi connectivity index (χ3v) is 5.94. The van der Waals surface area contributed by atoms with Gasteiger partial charge in [-0.25, -0.2) is 0 Å². The van der Waals surface area contributed by atoms with Crippen LogP contribution in [-0.4, -0.2) is 59.9 Å². The van der Waals surface area contributed by atoms with E-state index in [-0.39, 0.29) is 0 Å². The minimum atomic E-state index is -1.11. The van der Waals surface area contributed by atoms with Gasteiger partial charge in [-0.1, -0.05) is 77.6 Å². The van der Waals surface area contributed by atoms with Gasteiger partial charge in [-0.05, 0) is 20.3 Å². The molecule has 6 nitrogen and oxygen atoms in total. The molecule has 2 aliphatic heterocycles. The number of ether oxygens (including phenoxy) is 4. The zero-order valence-electron chi connectivity index (χ0n) is 18.8. The van der Waals surface area contributed by atoms with Gasteiger partial charge in [-0.2, -0.15) is 0 Å². The highest BCUT2D eigenvalue weighted by Crippen LogP contribution is 2.32. The van der Waals surface area contributed by atoms with Crippen molar-refractivity contribution in [2.75, 3.05) is 13.2 Å². The predicted octanol–water partition coefficient (Wildman–Crippen LogP) is 4.30. The molecule has 0 aromatic heterocycles. The Kier molecular flexibility index (Phi) is 11.4. The van der Waals surface area contributed by atoms with Crippen LogP contribution in [0.15, 0.2) is 0 Å². The van der Waals surface area contributed by atoms with E-state index in [0.29, 0.717) is 13.2 Å². The Bertz CT molecular complexity index is 428. The summed E-state index contributed by atoms with van der Waals surface area (Å²) in [6, 6.07) is 0. The summed E-state index contributed by atoms with van der Waals surface area (Å²) < 4.78 is 22.8. The average molecular weight is 417 g/mol. The van der Waals surface area contributed by atoms with Gasteiger partial charge in [0.25, 0.3) is 0 Å². The lowest BCUT2D eigenvalue weighted by molar-refractivity contribution is -0.382. The molecule has 0 aliphatic carbocycles. The Hall–Kier alpha value is -0.240. The highest BCUT2D eigenvalue weighted by atomic mass is 16.8. The number of unbranched alkanes of at least 4 members (excludes halogenated alkanes) is 11. The summed E-state index contributed by atoms with van der Waals surface area (Å²) in [7, 11) is 0. The standard InChI is InChI=1S/C23H44O6/c1-4-5-6-7-8-9-10-11-12-13-14-15-16-26-22-20(25)19(24)21-18(28-22)17-27-23(2,3)29-21/h18-22,24-25H,4-17H2,1-3H3/t18-,19-,20-,21-,22-/m1/s1. The summed E-state index contributed by atoms with van der Waals surface area (Å²) in [4.78, 5) is 0. The molecular weight excluding hydrogens is 372 g/mol. The zero-order chi connectivity index (χ0) is 21.1. The molecule has 2 rings (SSSR count). The van der Waals surface area contributed by atoms with Gasteiger partial charge in [0.2, 0.25) is 0 Å². The molecule has 2 saturated heterocycles. The van der Waals surface area contributed by atoms with Crippen molar-refractivity contribution in [3.05, 3.63) is 0 Å². The number of hydrogen-bond acceptors (Lipinski definition) is 6. The maximum Gasteiger partial charge on any atom is 0.186 e. The second kappa shape index (κ2) is 13.2. The van der Waals surface area contributed by atoms with E-state index in [2.05, 4.69) is 6.92 Å². The minimum absolute atomic E-state index is 0.319. The Labute approximate surface area is 177 Å². The van der Waals surface area contributed by atoms with Crippen LogP contribution in [0.25, 0.3) is 0 Å². The number of aliphatic hydroxyl groups is 2. The van der Waals surface area contributed by atoms with Crippen molar-refractivity contribution in [1.29, 1.82) is 0 Å². The summed E-state index contributed by atoms with van der Waals surface area (Å²) in [5.41, 5.74) is 0. The van der Waals surface area contributed by atoms with Crippen LogP contribution in [0.3, 0.4) is 0 Å². The maximum atomic E-state index is 10.4. The van der Waals surface area contributed by atoms with Crippen molar-refractivity contribution in [3.8, 4) is 0 Å². The van der Waals surface area contributed by atoms with Crippen molar-refractivity contribution >= 4 is 0 Å². The Balaban J connectivity index is 1.48. The van der Waals surface area contributed by atoms with Gasteiger partial charge < -0.3 is 29.2 Å². The quantitative estimate of drug-likeness (QED) is 0.411. The van der Waals surface area contributed by atoms with Crippen molar-refractivity contribution in [2.24, 2.45) is 0 Å². The van der Waals surface area contributed by atoms with Crippen LogP contribution in [-0.2, 0) is 18.9 Å². The zero-order valence-corrected chi connectivity index (χ0v) is 18.8. The third-order valence-electron chi connectivity index (χ3n) is 5.94. The Morgan fingerprint density at radius 1 is 0.828 bits per heavy atom. The molecular formula is C23H44O6. The normalized spacial score (nSPS) is 31.6. The first-order valence-electron chi connectivity index (χ1n) is 11.9. The molecule has 0 unspecified atom stereocenters. The van der Waals surface area contributed by atoms with E-state index in [1.807, 2.05) is 0 Å². The van der Waals surface area contributed by atoms with E-state index in [1.165, 1.54) is 64.2 Å². The second-order valence-electron chi connectivity index (χ2n) is 9.08. The van der Waals surface area contributed by atoms with Crippen molar-refractivity contribution in [2.45, 2.75) is 134 Å². The Morgan fingerprint density at radius 3 is 1.97 bits per heavy atom. The van der Waals surface area contributed by atoms with Crippen LogP contribution in [0.2, 0.25) is 0 Å². The minimum Gasteiger partial charge on any atom is -0.387 e. The van der Waals surface area contributed by atoms with Crippen molar-refractivity contribution < 1.29 is 29.2 Å². The van der Waals surface area contributed by atoms with Crippen LogP contribution >= 0.6 is 0 Å². The van der Waals surface area contributed by atoms with Gasteiger partial charge in [-0.15, -0.1) is 0 Å². The molecule has 0 amide bonds. The fourth-order valence-electron chi connectivity index (χ4n) is 4.11. The molecule has 0 bridgehead atoms. The van der Waals surface area contributed by atoms with Crippen LogP contribution in [0.1, 0.15) is 97.8 Å². The van der Waals surface area contributed by atoms with E-state index in [4.69, 9.17) is 18.9 Å². The molecule has 2 heterocycles. The summed E-state index contributed by atoms with van der Waals surface area (Å²) >= 11 is 0. The molecule has 0 radical (unpaired) electrons. The first-order chi connectivity index (χ1) is 13.9. The number of rotatable bonds is 14. The fraction of sp³-hybridized carbons (Fsp3) is 1.00. The molecule has 0 spiro atoms. The molecule has 2 fully saturated rings. The monoisotopic (exact) mass is 416 g/mol. The molecule has 2 aliphatic rings. The van der Waals surface area contributed by atoms with Crippen LogP contribution in [0.5, 0.6) is 0 Å². The SMILES string of the molecule is CCCCCCCCCCCCCCO[C@@H]1O[C@@H]2COC(C)(C)O[C@H]2[C@H](O)[C@H]1O. The maximum absolute atomic E-state index is 10.4. The van der Waals surface area contributed by atoms with E-state index in [1.54, 1.807) is 13.8 Å². The second-order valence-corrected chi connectivity index (χ2v) is 9.08. The molecule has 5 atom stereocenters. The first kappa shape index (κ1) is 25.0. The van der Waals surface area contributed by atoms with Crippen LogP contribution in [0.4, 0.5) is 0 Å². The summed E-state index contributed by atoms with van der Waals surface area (Å²) in [5, 5.41) is 20.7. The van der Waals surface area contributed by atoms with Gasteiger partial charge in [-0.3, -0.25) is 0 Å². The molecule has 0 aromatic carbocycles. The molecule has 6 heteroatoms. The summed E-state index contributed by atoms with van der Waals surface area (Å²) in [6.07, 6.45) is 11.5. The molecule has 2 N–H and O–H groups in total. The molecule has 29 heavy (non-hydrogen) atoms.